The highest BCUT2D eigenvalue weighted by Crippen LogP contribution is 2.32. The molecule has 2 aromatic rings. The molecule has 0 spiro atoms. The summed E-state index contributed by atoms with van der Waals surface area (Å²) in [5.74, 6) is -0.276. The topological polar surface area (TPSA) is 93.0 Å². The van der Waals surface area contributed by atoms with Gasteiger partial charge in [0, 0.05) is 23.9 Å². The number of hydrogen-bond donors (Lipinski definition) is 2. The molecular weight excluding hydrogens is 351 g/mol. The molecule has 0 fully saturated rings. The Morgan fingerprint density at radius 3 is 2.58 bits per heavy atom. The zero-order valence-electron chi connectivity index (χ0n) is 14.4. The fourth-order valence-electron chi connectivity index (χ4n) is 2.14. The van der Waals surface area contributed by atoms with Gasteiger partial charge in [0.2, 0.25) is 5.95 Å². The maximum absolute atomic E-state index is 13.1. The van der Waals surface area contributed by atoms with Crippen LogP contribution in [0.1, 0.15) is 31.5 Å². The minimum Gasteiger partial charge on any atom is -0.352 e. The number of alkyl halides is 3. The van der Waals surface area contributed by atoms with E-state index in [0.29, 0.717) is 17.7 Å². The molecule has 10 heteroatoms. The van der Waals surface area contributed by atoms with E-state index >= 15 is 0 Å². The van der Waals surface area contributed by atoms with Crippen LogP contribution in [0.25, 0.3) is 0 Å². The van der Waals surface area contributed by atoms with Gasteiger partial charge in [0.1, 0.15) is 5.82 Å². The summed E-state index contributed by atoms with van der Waals surface area (Å²) in [6.45, 7) is 5.17. The third kappa shape index (κ3) is 4.58. The fourth-order valence-corrected chi connectivity index (χ4v) is 2.14. The third-order valence-corrected chi connectivity index (χ3v) is 3.77. The molecule has 0 saturated heterocycles. The average molecular weight is 369 g/mol. The van der Waals surface area contributed by atoms with Gasteiger partial charge in [0.05, 0.1) is 10.5 Å². The molecule has 0 saturated carbocycles. The Kier molecular flexibility index (Phi) is 5.63. The number of hydrogen-bond acceptors (Lipinski definition) is 6. The molecule has 0 bridgehead atoms. The van der Waals surface area contributed by atoms with Gasteiger partial charge in [-0.15, -0.1) is 0 Å². The lowest BCUT2D eigenvalue weighted by molar-refractivity contribution is -0.385. The molecule has 2 rings (SSSR count). The first-order valence-corrected chi connectivity index (χ1v) is 7.85. The number of nitro benzene ring substituents is 1. The van der Waals surface area contributed by atoms with Crippen LogP contribution in [0.4, 0.5) is 36.3 Å². The Balaban J connectivity index is 2.44. The number of anilines is 3. The third-order valence-electron chi connectivity index (χ3n) is 3.77. The molecule has 1 aromatic carbocycles. The molecule has 140 valence electrons. The summed E-state index contributed by atoms with van der Waals surface area (Å²) in [6, 6.07) is 4.93. The van der Waals surface area contributed by atoms with Crippen molar-refractivity contribution >= 4 is 23.1 Å². The molecule has 1 atom stereocenters. The Morgan fingerprint density at radius 2 is 2.00 bits per heavy atom. The molecule has 0 radical (unpaired) electrons. The minimum absolute atomic E-state index is 0.110. The SMILES string of the molecule is CC[C@@H](C)Nc1nc(Nc2cccc([N+](=O)[O-])c2C)cc(C(F)(F)F)n1. The van der Waals surface area contributed by atoms with Crippen molar-refractivity contribution in [3.05, 3.63) is 45.6 Å². The van der Waals surface area contributed by atoms with Crippen LogP contribution in [0.5, 0.6) is 0 Å². The second kappa shape index (κ2) is 7.54. The van der Waals surface area contributed by atoms with E-state index < -0.39 is 16.8 Å². The summed E-state index contributed by atoms with van der Waals surface area (Å²) in [6.07, 6.45) is -3.98. The number of halogens is 3. The zero-order chi connectivity index (χ0) is 19.5. The van der Waals surface area contributed by atoms with Gasteiger partial charge in [-0.1, -0.05) is 13.0 Å². The average Bonchev–Trinajstić information content (AvgIpc) is 2.55. The lowest BCUT2D eigenvalue weighted by Gasteiger charge is -2.16. The lowest BCUT2D eigenvalue weighted by Crippen LogP contribution is -2.18. The van der Waals surface area contributed by atoms with Gasteiger partial charge in [-0.2, -0.15) is 18.2 Å². The Labute approximate surface area is 147 Å². The van der Waals surface area contributed by atoms with E-state index in [-0.39, 0.29) is 23.5 Å². The first-order chi connectivity index (χ1) is 12.1. The fraction of sp³-hybridized carbons (Fsp3) is 0.375. The smallest absolute Gasteiger partial charge is 0.352 e. The molecule has 1 heterocycles. The predicted molar refractivity (Wildman–Crippen MR) is 91.5 cm³/mol. The summed E-state index contributed by atoms with van der Waals surface area (Å²) in [7, 11) is 0. The standard InChI is InChI=1S/C16H18F3N5O2/c1-4-9(2)20-15-22-13(16(17,18)19)8-14(23-15)21-11-6-5-7-12(10(11)3)24(25)26/h5-9H,4H2,1-3H3,(H2,20,21,22,23)/t9-/m1/s1. The summed E-state index contributed by atoms with van der Waals surface area (Å²) in [5, 5.41) is 16.5. The first-order valence-electron chi connectivity index (χ1n) is 7.85. The van der Waals surface area contributed by atoms with E-state index in [2.05, 4.69) is 20.6 Å². The van der Waals surface area contributed by atoms with Gasteiger partial charge in [-0.25, -0.2) is 4.98 Å². The number of aromatic nitrogens is 2. The van der Waals surface area contributed by atoms with Crippen molar-refractivity contribution < 1.29 is 18.1 Å². The van der Waals surface area contributed by atoms with Gasteiger partial charge in [0.15, 0.2) is 5.69 Å². The second-order valence-corrected chi connectivity index (χ2v) is 5.75. The van der Waals surface area contributed by atoms with Crippen molar-refractivity contribution in [1.82, 2.24) is 9.97 Å². The molecule has 0 amide bonds. The van der Waals surface area contributed by atoms with Gasteiger partial charge in [0.25, 0.3) is 5.69 Å². The van der Waals surface area contributed by atoms with Crippen LogP contribution < -0.4 is 10.6 Å². The van der Waals surface area contributed by atoms with Crippen LogP contribution in [-0.2, 0) is 6.18 Å². The van der Waals surface area contributed by atoms with Crippen molar-refractivity contribution in [2.24, 2.45) is 0 Å². The number of nitrogens with one attached hydrogen (secondary N) is 2. The highest BCUT2D eigenvalue weighted by Gasteiger charge is 2.34. The van der Waals surface area contributed by atoms with E-state index in [9.17, 15) is 23.3 Å². The van der Waals surface area contributed by atoms with Crippen molar-refractivity contribution in [2.75, 3.05) is 10.6 Å². The minimum atomic E-state index is -4.65. The van der Waals surface area contributed by atoms with Crippen molar-refractivity contribution in [2.45, 2.75) is 39.4 Å². The zero-order valence-corrected chi connectivity index (χ0v) is 14.4. The van der Waals surface area contributed by atoms with Crippen LogP contribution in [0.3, 0.4) is 0 Å². The van der Waals surface area contributed by atoms with E-state index in [0.717, 1.165) is 6.07 Å². The number of benzene rings is 1. The molecule has 2 N–H and O–H groups in total. The van der Waals surface area contributed by atoms with Crippen molar-refractivity contribution in [1.29, 1.82) is 0 Å². The van der Waals surface area contributed by atoms with Gasteiger partial charge < -0.3 is 10.6 Å². The van der Waals surface area contributed by atoms with Gasteiger partial charge in [-0.3, -0.25) is 10.1 Å². The highest BCUT2D eigenvalue weighted by molar-refractivity contribution is 5.66. The Bertz CT molecular complexity index is 811. The van der Waals surface area contributed by atoms with E-state index in [1.165, 1.54) is 25.1 Å². The van der Waals surface area contributed by atoms with Crippen LogP contribution in [0.2, 0.25) is 0 Å². The molecule has 0 aliphatic carbocycles. The van der Waals surface area contributed by atoms with Crippen molar-refractivity contribution in [3.8, 4) is 0 Å². The predicted octanol–water partition coefficient (Wildman–Crippen LogP) is 4.67. The first kappa shape index (κ1) is 19.4. The summed E-state index contributed by atoms with van der Waals surface area (Å²) < 4.78 is 39.4. The lowest BCUT2D eigenvalue weighted by atomic mass is 10.1. The normalized spacial score (nSPS) is 12.5. The van der Waals surface area contributed by atoms with Crippen LogP contribution >= 0.6 is 0 Å². The summed E-state index contributed by atoms with van der Waals surface area (Å²) in [5.41, 5.74) is -0.663. The van der Waals surface area contributed by atoms with Crippen molar-refractivity contribution in [3.63, 3.8) is 0 Å². The molecule has 7 nitrogen and oxygen atoms in total. The van der Waals surface area contributed by atoms with Crippen LogP contribution in [0.15, 0.2) is 24.3 Å². The van der Waals surface area contributed by atoms with Crippen LogP contribution in [-0.4, -0.2) is 20.9 Å². The second-order valence-electron chi connectivity index (χ2n) is 5.75. The molecule has 1 aromatic heterocycles. The quantitative estimate of drug-likeness (QED) is 0.568. The largest absolute Gasteiger partial charge is 0.433 e. The van der Waals surface area contributed by atoms with E-state index in [4.69, 9.17) is 0 Å². The van der Waals surface area contributed by atoms with Gasteiger partial charge >= 0.3 is 6.18 Å². The molecular formula is C16H18F3N5O2. The summed E-state index contributed by atoms with van der Waals surface area (Å²) in [4.78, 5) is 18.0. The number of rotatable bonds is 6. The van der Waals surface area contributed by atoms with Crippen LogP contribution in [0, 0.1) is 17.0 Å². The van der Waals surface area contributed by atoms with E-state index in [1.54, 1.807) is 6.92 Å². The summed E-state index contributed by atoms with van der Waals surface area (Å²) >= 11 is 0. The number of nitro groups is 1. The molecule has 0 aliphatic rings. The highest BCUT2D eigenvalue weighted by atomic mass is 19.4. The maximum atomic E-state index is 13.1. The Hall–Kier alpha value is -2.91. The molecule has 0 aliphatic heterocycles. The maximum Gasteiger partial charge on any atom is 0.433 e. The number of nitrogens with zero attached hydrogens (tertiary/aromatic N) is 3. The molecule has 26 heavy (non-hydrogen) atoms. The Morgan fingerprint density at radius 1 is 1.31 bits per heavy atom. The monoisotopic (exact) mass is 369 g/mol. The molecule has 0 unspecified atom stereocenters. The van der Waals surface area contributed by atoms with Gasteiger partial charge in [-0.05, 0) is 26.3 Å². The van der Waals surface area contributed by atoms with E-state index in [1.807, 2.05) is 6.92 Å².